The van der Waals surface area contributed by atoms with Gasteiger partial charge in [0.25, 0.3) is 11.8 Å². The number of carbonyl (C=O) groups is 3. The minimum Gasteiger partial charge on any atom is -0.490 e. The number of hydrogen-bond acceptors (Lipinski definition) is 7. The van der Waals surface area contributed by atoms with Crippen LogP contribution >= 0.6 is 28.1 Å². The Balaban J connectivity index is 2.36. The summed E-state index contributed by atoms with van der Waals surface area (Å²) in [6.07, 6.45) is 1.43. The molecule has 1 aliphatic rings. The second-order valence-corrected chi connectivity index (χ2v) is 6.78. The molecule has 28 heavy (non-hydrogen) atoms. The number of carbonyl (C=O) groups excluding carboxylic acids is 3. The average molecular weight is 471 g/mol. The van der Waals surface area contributed by atoms with E-state index in [0.29, 0.717) is 28.1 Å². The van der Waals surface area contributed by atoms with Crippen molar-refractivity contribution >= 4 is 57.1 Å². The first kappa shape index (κ1) is 21.8. The van der Waals surface area contributed by atoms with Gasteiger partial charge in [-0.3, -0.25) is 19.8 Å². The number of amides is 2. The summed E-state index contributed by atoms with van der Waals surface area (Å²) < 4.78 is 16.4. The summed E-state index contributed by atoms with van der Waals surface area (Å²) in [6.45, 7) is 3.81. The summed E-state index contributed by atoms with van der Waals surface area (Å²) in [4.78, 5) is 37.2. The molecule has 1 heterocycles. The van der Waals surface area contributed by atoms with Crippen molar-refractivity contribution in [2.75, 3.05) is 26.9 Å². The predicted octanol–water partition coefficient (Wildman–Crippen LogP) is 2.05. The quantitative estimate of drug-likeness (QED) is 0.282. The van der Waals surface area contributed by atoms with Crippen molar-refractivity contribution in [1.82, 2.24) is 10.2 Å². The third kappa shape index (κ3) is 5.08. The van der Waals surface area contributed by atoms with Crippen molar-refractivity contribution in [2.24, 2.45) is 0 Å². The summed E-state index contributed by atoms with van der Waals surface area (Å²) in [6, 6.07) is 3.25. The zero-order chi connectivity index (χ0) is 20.8. The van der Waals surface area contributed by atoms with Crippen molar-refractivity contribution < 1.29 is 28.6 Å². The molecule has 0 aliphatic carbocycles. The van der Waals surface area contributed by atoms with Crippen LogP contribution in [0, 0.1) is 0 Å². The van der Waals surface area contributed by atoms with Gasteiger partial charge in [-0.1, -0.05) is 0 Å². The number of rotatable bonds is 7. The average Bonchev–Trinajstić information content (AvgIpc) is 2.63. The molecular formula is C18H19BrN2O6S. The van der Waals surface area contributed by atoms with E-state index in [1.807, 2.05) is 0 Å². The van der Waals surface area contributed by atoms with E-state index in [1.54, 1.807) is 26.0 Å². The highest BCUT2D eigenvalue weighted by Gasteiger charge is 2.30. The predicted molar refractivity (Wildman–Crippen MR) is 109 cm³/mol. The van der Waals surface area contributed by atoms with Crippen LogP contribution in [0.1, 0.15) is 19.4 Å². The highest BCUT2D eigenvalue weighted by atomic mass is 79.9. The molecule has 0 saturated carbocycles. The number of ether oxygens (including phenoxy) is 3. The molecule has 1 N–H and O–H groups in total. The molecule has 150 valence electrons. The van der Waals surface area contributed by atoms with Gasteiger partial charge in [0.2, 0.25) is 0 Å². The van der Waals surface area contributed by atoms with Crippen LogP contribution in [0.5, 0.6) is 11.5 Å². The van der Waals surface area contributed by atoms with E-state index in [4.69, 9.17) is 26.4 Å². The number of nitrogens with one attached hydrogen (secondary N) is 1. The summed E-state index contributed by atoms with van der Waals surface area (Å²) >= 11 is 8.30. The molecule has 8 nitrogen and oxygen atoms in total. The molecule has 2 amide bonds. The Labute approximate surface area is 175 Å². The fourth-order valence-electron chi connectivity index (χ4n) is 2.32. The molecule has 0 radical (unpaired) electrons. The van der Waals surface area contributed by atoms with Gasteiger partial charge in [-0.15, -0.1) is 0 Å². The molecule has 0 atom stereocenters. The lowest BCUT2D eigenvalue weighted by Crippen LogP contribution is -2.52. The maximum absolute atomic E-state index is 12.3. The molecule has 2 rings (SSSR count). The van der Waals surface area contributed by atoms with Gasteiger partial charge < -0.3 is 14.2 Å². The lowest BCUT2D eigenvalue weighted by molar-refractivity contribution is -0.145. The van der Waals surface area contributed by atoms with Crippen LogP contribution in [-0.2, 0) is 19.1 Å². The number of halogens is 1. The van der Waals surface area contributed by atoms with Gasteiger partial charge >= 0.3 is 5.97 Å². The van der Waals surface area contributed by atoms with Crippen LogP contribution in [-0.4, -0.2) is 54.7 Å². The molecule has 1 aromatic carbocycles. The molecule has 0 aromatic heterocycles. The molecule has 1 fully saturated rings. The third-order valence-corrected chi connectivity index (χ3v) is 4.55. The molecular weight excluding hydrogens is 452 g/mol. The molecule has 0 bridgehead atoms. The molecule has 0 unspecified atom stereocenters. The first-order valence-electron chi connectivity index (χ1n) is 8.38. The SMILES string of the molecule is CCOC(=O)COc1c(Br)cc(C=C2C(=O)NC(=S)N(C)C2=O)cc1OCC. The molecule has 1 aromatic rings. The maximum atomic E-state index is 12.3. The van der Waals surface area contributed by atoms with E-state index in [1.165, 1.54) is 18.0 Å². The van der Waals surface area contributed by atoms with E-state index in [-0.39, 0.29) is 23.9 Å². The van der Waals surface area contributed by atoms with Gasteiger partial charge in [-0.2, -0.15) is 0 Å². The van der Waals surface area contributed by atoms with Crippen molar-refractivity contribution in [3.8, 4) is 11.5 Å². The summed E-state index contributed by atoms with van der Waals surface area (Å²) in [5.74, 6) is -0.933. The van der Waals surface area contributed by atoms with Crippen LogP contribution in [0.15, 0.2) is 22.2 Å². The van der Waals surface area contributed by atoms with E-state index >= 15 is 0 Å². The maximum Gasteiger partial charge on any atom is 0.344 e. The number of likely N-dealkylation sites (N-methyl/N-ethyl adjacent to an activating group) is 1. The van der Waals surface area contributed by atoms with Crippen LogP contribution in [0.3, 0.4) is 0 Å². The minimum atomic E-state index is -0.579. The zero-order valence-corrected chi connectivity index (χ0v) is 17.9. The van der Waals surface area contributed by atoms with Crippen LogP contribution in [0.2, 0.25) is 0 Å². The number of thiocarbonyl (C=S) groups is 1. The van der Waals surface area contributed by atoms with E-state index < -0.39 is 17.8 Å². The van der Waals surface area contributed by atoms with Crippen molar-refractivity contribution in [1.29, 1.82) is 0 Å². The Morgan fingerprint density at radius 1 is 1.25 bits per heavy atom. The number of nitrogens with zero attached hydrogens (tertiary/aromatic N) is 1. The standard InChI is InChI=1S/C18H19BrN2O6S/c1-4-25-13-8-10(6-11-16(23)20-18(28)21(3)17(11)24)7-12(19)15(13)27-9-14(22)26-5-2/h6-8H,4-5,9H2,1-3H3,(H,20,23,28). The van der Waals surface area contributed by atoms with Gasteiger partial charge in [0.05, 0.1) is 17.7 Å². The van der Waals surface area contributed by atoms with Gasteiger partial charge in [-0.25, -0.2) is 4.79 Å². The zero-order valence-electron chi connectivity index (χ0n) is 15.5. The fraction of sp³-hybridized carbons (Fsp3) is 0.333. The first-order valence-corrected chi connectivity index (χ1v) is 9.58. The number of esters is 1. The molecule has 1 saturated heterocycles. The summed E-state index contributed by atoms with van der Waals surface area (Å²) in [7, 11) is 1.48. The van der Waals surface area contributed by atoms with Gasteiger partial charge in [-0.05, 0) is 65.8 Å². The van der Waals surface area contributed by atoms with Crippen LogP contribution in [0.4, 0.5) is 0 Å². The third-order valence-electron chi connectivity index (χ3n) is 3.59. The van der Waals surface area contributed by atoms with Crippen molar-refractivity contribution in [3.05, 3.63) is 27.7 Å². The van der Waals surface area contributed by atoms with Crippen molar-refractivity contribution in [2.45, 2.75) is 13.8 Å². The first-order chi connectivity index (χ1) is 13.3. The Bertz CT molecular complexity index is 855. The fourth-order valence-corrected chi connectivity index (χ4v) is 3.07. The number of hydrogen-bond donors (Lipinski definition) is 1. The Hall–Kier alpha value is -2.46. The highest BCUT2D eigenvalue weighted by Crippen LogP contribution is 2.37. The molecule has 1 aliphatic heterocycles. The Morgan fingerprint density at radius 3 is 2.61 bits per heavy atom. The van der Waals surface area contributed by atoms with Gasteiger partial charge in [0.15, 0.2) is 23.2 Å². The second kappa shape index (κ2) is 9.65. The normalized spacial score (nSPS) is 15.5. The lowest BCUT2D eigenvalue weighted by Gasteiger charge is -2.25. The molecule has 0 spiro atoms. The van der Waals surface area contributed by atoms with E-state index in [0.717, 1.165) is 0 Å². The lowest BCUT2D eigenvalue weighted by atomic mass is 10.1. The Morgan fingerprint density at radius 2 is 1.96 bits per heavy atom. The second-order valence-electron chi connectivity index (χ2n) is 5.54. The topological polar surface area (TPSA) is 94.2 Å². The molecule has 10 heteroatoms. The number of benzene rings is 1. The van der Waals surface area contributed by atoms with Gasteiger partial charge in [0, 0.05) is 7.05 Å². The van der Waals surface area contributed by atoms with E-state index in [2.05, 4.69) is 21.2 Å². The summed E-state index contributed by atoms with van der Waals surface area (Å²) in [5.41, 5.74) is 0.462. The monoisotopic (exact) mass is 470 g/mol. The van der Waals surface area contributed by atoms with E-state index in [9.17, 15) is 14.4 Å². The van der Waals surface area contributed by atoms with Crippen LogP contribution in [0.25, 0.3) is 6.08 Å². The highest BCUT2D eigenvalue weighted by molar-refractivity contribution is 9.10. The van der Waals surface area contributed by atoms with Crippen molar-refractivity contribution in [3.63, 3.8) is 0 Å². The van der Waals surface area contributed by atoms with Gasteiger partial charge in [0.1, 0.15) is 5.57 Å². The summed E-state index contributed by atoms with van der Waals surface area (Å²) in [5, 5.41) is 2.50. The van der Waals surface area contributed by atoms with Crippen LogP contribution < -0.4 is 14.8 Å². The smallest absolute Gasteiger partial charge is 0.344 e. The Kier molecular flexibility index (Phi) is 7.53. The largest absolute Gasteiger partial charge is 0.490 e. The minimum absolute atomic E-state index is 0.0473.